The molecule has 1 aromatic rings. The number of rotatable bonds is 3. The van der Waals surface area contributed by atoms with E-state index in [9.17, 15) is 0 Å². The lowest BCUT2D eigenvalue weighted by atomic mass is 10.1. The largest absolute Gasteiger partial charge is 0.396 e. The average Bonchev–Trinajstić information content (AvgIpc) is 2.89. The zero-order valence-corrected chi connectivity index (χ0v) is 7.16. The van der Waals surface area contributed by atoms with E-state index in [4.69, 9.17) is 5.11 Å². The minimum absolute atomic E-state index is 0.253. The Balaban J connectivity index is 2.08. The first kappa shape index (κ1) is 7.81. The highest BCUT2D eigenvalue weighted by Gasteiger charge is 2.22. The summed E-state index contributed by atoms with van der Waals surface area (Å²) in [5, 5.41) is 8.71. The van der Waals surface area contributed by atoms with Crippen molar-refractivity contribution in [2.24, 2.45) is 0 Å². The maximum Gasteiger partial charge on any atom is 0.0471 e. The van der Waals surface area contributed by atoms with Crippen LogP contribution in [0.1, 0.15) is 29.9 Å². The molecule has 0 atom stereocenters. The Bertz CT molecular complexity index is 246. The van der Waals surface area contributed by atoms with Gasteiger partial charge in [0.1, 0.15) is 0 Å². The maximum absolute atomic E-state index is 8.71. The zero-order chi connectivity index (χ0) is 8.39. The molecule has 1 heteroatoms. The summed E-state index contributed by atoms with van der Waals surface area (Å²) in [5.41, 5.74) is 2.71. The van der Waals surface area contributed by atoms with Gasteiger partial charge in [-0.2, -0.15) is 0 Å². The first-order valence-electron chi connectivity index (χ1n) is 4.60. The van der Waals surface area contributed by atoms with Crippen LogP contribution in [0.4, 0.5) is 0 Å². The van der Waals surface area contributed by atoms with Crippen LogP contribution < -0.4 is 0 Å². The van der Waals surface area contributed by atoms with E-state index in [2.05, 4.69) is 24.3 Å². The van der Waals surface area contributed by atoms with Crippen molar-refractivity contribution in [2.75, 3.05) is 6.61 Å². The monoisotopic (exact) mass is 162 g/mol. The third kappa shape index (κ3) is 1.67. The second kappa shape index (κ2) is 3.28. The Morgan fingerprint density at radius 3 is 2.33 bits per heavy atom. The van der Waals surface area contributed by atoms with Crippen LogP contribution in [0.15, 0.2) is 24.3 Å². The summed E-state index contributed by atoms with van der Waals surface area (Å²) in [4.78, 5) is 0. The fourth-order valence-corrected chi connectivity index (χ4v) is 1.50. The van der Waals surface area contributed by atoms with Crippen molar-refractivity contribution in [3.05, 3.63) is 35.4 Å². The van der Waals surface area contributed by atoms with Crippen LogP contribution in [0, 0.1) is 0 Å². The number of aliphatic hydroxyl groups excluding tert-OH is 1. The summed E-state index contributed by atoms with van der Waals surface area (Å²) >= 11 is 0. The van der Waals surface area contributed by atoms with Crippen molar-refractivity contribution in [3.63, 3.8) is 0 Å². The van der Waals surface area contributed by atoms with Crippen LogP contribution >= 0.6 is 0 Å². The molecule has 0 heterocycles. The molecule has 0 spiro atoms. The summed E-state index contributed by atoms with van der Waals surface area (Å²) in [7, 11) is 0. The van der Waals surface area contributed by atoms with Gasteiger partial charge in [-0.1, -0.05) is 24.3 Å². The number of aliphatic hydroxyl groups is 1. The molecule has 1 saturated carbocycles. The summed E-state index contributed by atoms with van der Waals surface area (Å²) in [6, 6.07) is 8.65. The van der Waals surface area contributed by atoms with E-state index in [1.807, 2.05) is 0 Å². The first-order valence-corrected chi connectivity index (χ1v) is 4.60. The van der Waals surface area contributed by atoms with E-state index in [1.165, 1.54) is 24.0 Å². The van der Waals surface area contributed by atoms with Gasteiger partial charge >= 0.3 is 0 Å². The van der Waals surface area contributed by atoms with Crippen LogP contribution in [-0.2, 0) is 6.42 Å². The Hall–Kier alpha value is -0.820. The van der Waals surface area contributed by atoms with E-state index >= 15 is 0 Å². The number of hydrogen-bond acceptors (Lipinski definition) is 1. The van der Waals surface area contributed by atoms with Gasteiger partial charge in [0.2, 0.25) is 0 Å². The van der Waals surface area contributed by atoms with Gasteiger partial charge in [0.15, 0.2) is 0 Å². The van der Waals surface area contributed by atoms with Gasteiger partial charge in [0.05, 0.1) is 0 Å². The highest BCUT2D eigenvalue weighted by atomic mass is 16.2. The molecule has 1 fully saturated rings. The lowest BCUT2D eigenvalue weighted by Crippen LogP contribution is -1.90. The quantitative estimate of drug-likeness (QED) is 0.721. The van der Waals surface area contributed by atoms with Crippen LogP contribution in [0.25, 0.3) is 0 Å². The minimum Gasteiger partial charge on any atom is -0.396 e. The van der Waals surface area contributed by atoms with E-state index in [0.29, 0.717) is 0 Å². The highest BCUT2D eigenvalue weighted by Crippen LogP contribution is 2.39. The Morgan fingerprint density at radius 1 is 1.17 bits per heavy atom. The first-order chi connectivity index (χ1) is 5.90. The van der Waals surface area contributed by atoms with E-state index in [1.54, 1.807) is 0 Å². The van der Waals surface area contributed by atoms with Gasteiger partial charge in [0, 0.05) is 6.61 Å². The molecular formula is C11H14O. The molecule has 0 radical (unpaired) electrons. The topological polar surface area (TPSA) is 20.2 Å². The molecule has 0 bridgehead atoms. The van der Waals surface area contributed by atoms with Crippen molar-refractivity contribution >= 4 is 0 Å². The second-order valence-electron chi connectivity index (χ2n) is 3.49. The van der Waals surface area contributed by atoms with Gasteiger partial charge in [-0.3, -0.25) is 0 Å². The summed E-state index contributed by atoms with van der Waals surface area (Å²) in [6.07, 6.45) is 3.50. The fraction of sp³-hybridized carbons (Fsp3) is 0.455. The summed E-state index contributed by atoms with van der Waals surface area (Å²) in [5.74, 6) is 0.841. The van der Waals surface area contributed by atoms with Gasteiger partial charge in [-0.15, -0.1) is 0 Å². The molecule has 0 saturated heterocycles. The Morgan fingerprint density at radius 2 is 1.83 bits per heavy atom. The molecule has 1 aliphatic carbocycles. The molecule has 1 nitrogen and oxygen atoms in total. The van der Waals surface area contributed by atoms with Crippen LogP contribution in [0.5, 0.6) is 0 Å². The van der Waals surface area contributed by atoms with Gasteiger partial charge in [0.25, 0.3) is 0 Å². The van der Waals surface area contributed by atoms with E-state index < -0.39 is 0 Å². The van der Waals surface area contributed by atoms with Crippen molar-refractivity contribution in [1.82, 2.24) is 0 Å². The predicted octanol–water partition coefficient (Wildman–Crippen LogP) is 2.10. The second-order valence-corrected chi connectivity index (χ2v) is 3.49. The fourth-order valence-electron chi connectivity index (χ4n) is 1.50. The smallest absolute Gasteiger partial charge is 0.0471 e. The Kier molecular flexibility index (Phi) is 2.13. The molecular weight excluding hydrogens is 148 g/mol. The van der Waals surface area contributed by atoms with Crippen LogP contribution in [0.2, 0.25) is 0 Å². The molecule has 64 valence electrons. The van der Waals surface area contributed by atoms with Crippen molar-refractivity contribution in [2.45, 2.75) is 25.2 Å². The molecule has 12 heavy (non-hydrogen) atoms. The SMILES string of the molecule is OCCc1ccc(C2CC2)cc1. The van der Waals surface area contributed by atoms with Crippen LogP contribution in [0.3, 0.4) is 0 Å². The van der Waals surface area contributed by atoms with Crippen LogP contribution in [-0.4, -0.2) is 11.7 Å². The van der Waals surface area contributed by atoms with E-state index in [-0.39, 0.29) is 6.61 Å². The third-order valence-electron chi connectivity index (χ3n) is 2.43. The van der Waals surface area contributed by atoms with Crippen molar-refractivity contribution in [3.8, 4) is 0 Å². The molecule has 0 amide bonds. The van der Waals surface area contributed by atoms with Gasteiger partial charge in [-0.05, 0) is 36.3 Å². The molecule has 1 aromatic carbocycles. The lowest BCUT2D eigenvalue weighted by Gasteiger charge is -2.00. The Labute approximate surface area is 73.0 Å². The van der Waals surface area contributed by atoms with Gasteiger partial charge in [-0.25, -0.2) is 0 Å². The standard InChI is InChI=1S/C11H14O/c12-8-7-9-1-3-10(4-2-9)11-5-6-11/h1-4,11-12H,5-8H2. The highest BCUT2D eigenvalue weighted by molar-refractivity contribution is 5.28. The minimum atomic E-state index is 0.253. The maximum atomic E-state index is 8.71. The normalized spacial score (nSPS) is 16.4. The lowest BCUT2D eigenvalue weighted by molar-refractivity contribution is 0.299. The summed E-state index contributed by atoms with van der Waals surface area (Å²) < 4.78 is 0. The van der Waals surface area contributed by atoms with E-state index in [0.717, 1.165) is 12.3 Å². The predicted molar refractivity (Wildman–Crippen MR) is 49.2 cm³/mol. The molecule has 1 N–H and O–H groups in total. The summed E-state index contributed by atoms with van der Waals surface area (Å²) in [6.45, 7) is 0.253. The molecule has 0 aromatic heterocycles. The zero-order valence-electron chi connectivity index (χ0n) is 7.16. The molecule has 1 aliphatic rings. The number of benzene rings is 1. The average molecular weight is 162 g/mol. The molecule has 0 unspecified atom stereocenters. The number of hydrogen-bond donors (Lipinski definition) is 1. The third-order valence-corrected chi connectivity index (χ3v) is 2.43. The van der Waals surface area contributed by atoms with Gasteiger partial charge < -0.3 is 5.11 Å². The van der Waals surface area contributed by atoms with Crippen molar-refractivity contribution < 1.29 is 5.11 Å². The molecule has 2 rings (SSSR count). The molecule has 0 aliphatic heterocycles. The van der Waals surface area contributed by atoms with Crippen molar-refractivity contribution in [1.29, 1.82) is 0 Å².